The van der Waals surface area contributed by atoms with Gasteiger partial charge in [-0.2, -0.15) is 0 Å². The lowest BCUT2D eigenvalue weighted by molar-refractivity contribution is -0.132. The molecule has 7 heteroatoms. The molecule has 0 radical (unpaired) electrons. The van der Waals surface area contributed by atoms with Gasteiger partial charge in [-0.05, 0) is 62.9 Å². The first-order chi connectivity index (χ1) is 15.0. The molecule has 5 rings (SSSR count). The minimum atomic E-state index is -0.0491. The van der Waals surface area contributed by atoms with Gasteiger partial charge >= 0.3 is 0 Å². The highest BCUT2D eigenvalue weighted by atomic mass is 32.1. The van der Waals surface area contributed by atoms with Crippen LogP contribution in [0.2, 0.25) is 0 Å². The number of thiophene rings is 1. The topological polar surface area (TPSA) is 58.4 Å². The Hall–Kier alpha value is -2.51. The Morgan fingerprint density at radius 1 is 1.13 bits per heavy atom. The molecule has 162 valence electrons. The van der Waals surface area contributed by atoms with Crippen LogP contribution in [0.4, 0.5) is 0 Å². The van der Waals surface area contributed by atoms with E-state index in [1.807, 2.05) is 36.0 Å². The molecule has 1 aromatic carbocycles. The molecule has 1 amide bonds. The minimum Gasteiger partial charge on any atom is -0.336 e. The van der Waals surface area contributed by atoms with Crippen LogP contribution in [-0.2, 0) is 43.7 Å². The summed E-state index contributed by atoms with van der Waals surface area (Å²) >= 11 is 1.66. The van der Waals surface area contributed by atoms with E-state index in [1.54, 1.807) is 15.9 Å². The Kier molecular flexibility index (Phi) is 5.40. The van der Waals surface area contributed by atoms with Crippen LogP contribution < -0.4 is 5.56 Å². The van der Waals surface area contributed by atoms with Crippen molar-refractivity contribution >= 4 is 27.5 Å². The van der Waals surface area contributed by atoms with Gasteiger partial charge in [-0.1, -0.05) is 24.3 Å². The Morgan fingerprint density at radius 2 is 1.90 bits per heavy atom. The van der Waals surface area contributed by atoms with E-state index >= 15 is 0 Å². The fraction of sp³-hybridized carbons (Fsp3) is 0.458. The van der Waals surface area contributed by atoms with Gasteiger partial charge in [-0.3, -0.25) is 14.2 Å². The molecule has 0 atom stereocenters. The van der Waals surface area contributed by atoms with Gasteiger partial charge in [0.05, 0.1) is 11.9 Å². The van der Waals surface area contributed by atoms with Gasteiger partial charge < -0.3 is 9.80 Å². The van der Waals surface area contributed by atoms with Crippen molar-refractivity contribution in [3.05, 3.63) is 62.0 Å². The second kappa shape index (κ2) is 8.20. The Bertz CT molecular complexity index is 1210. The Balaban J connectivity index is 1.51. The normalized spacial score (nSPS) is 15.9. The van der Waals surface area contributed by atoms with Gasteiger partial charge in [-0.25, -0.2) is 4.98 Å². The number of hydrogen-bond donors (Lipinski definition) is 0. The molecule has 2 aromatic heterocycles. The number of carbonyl (C=O) groups excluding carboxylic acids is 1. The summed E-state index contributed by atoms with van der Waals surface area (Å²) in [5.74, 6) is 0.661. The van der Waals surface area contributed by atoms with E-state index in [1.165, 1.54) is 28.0 Å². The fourth-order valence-electron chi connectivity index (χ4n) is 4.79. The van der Waals surface area contributed by atoms with Crippen LogP contribution in [0.1, 0.15) is 40.2 Å². The molecule has 3 aromatic rings. The minimum absolute atomic E-state index is 0.0122. The van der Waals surface area contributed by atoms with E-state index < -0.39 is 0 Å². The average molecular weight is 437 g/mol. The predicted molar refractivity (Wildman–Crippen MR) is 123 cm³/mol. The van der Waals surface area contributed by atoms with Crippen molar-refractivity contribution in [3.8, 4) is 0 Å². The third kappa shape index (κ3) is 3.81. The first-order valence-electron chi connectivity index (χ1n) is 11.0. The van der Waals surface area contributed by atoms with Gasteiger partial charge in [0, 0.05) is 18.0 Å². The van der Waals surface area contributed by atoms with Gasteiger partial charge in [0.2, 0.25) is 5.91 Å². The maximum atomic E-state index is 13.6. The molecule has 6 nitrogen and oxygen atoms in total. The van der Waals surface area contributed by atoms with E-state index in [0.29, 0.717) is 25.5 Å². The molecule has 1 aliphatic heterocycles. The lowest BCUT2D eigenvalue weighted by Crippen LogP contribution is -2.41. The zero-order valence-corrected chi connectivity index (χ0v) is 19.0. The van der Waals surface area contributed by atoms with Crippen LogP contribution in [0, 0.1) is 0 Å². The third-order valence-electron chi connectivity index (χ3n) is 6.39. The fourth-order valence-corrected chi connectivity index (χ4v) is 6.06. The lowest BCUT2D eigenvalue weighted by Gasteiger charge is -2.29. The second-order valence-corrected chi connectivity index (χ2v) is 9.97. The molecule has 0 fully saturated rings. The van der Waals surface area contributed by atoms with E-state index in [2.05, 4.69) is 12.1 Å². The molecule has 0 unspecified atom stereocenters. The van der Waals surface area contributed by atoms with Gasteiger partial charge in [0.25, 0.3) is 5.56 Å². The first-order valence-corrected chi connectivity index (χ1v) is 11.9. The summed E-state index contributed by atoms with van der Waals surface area (Å²) in [6.07, 6.45) is 5.12. The quantitative estimate of drug-likeness (QED) is 0.631. The molecule has 0 spiro atoms. The zero-order chi connectivity index (χ0) is 21.5. The molecule has 3 heterocycles. The number of aromatic nitrogens is 2. The van der Waals surface area contributed by atoms with Gasteiger partial charge in [-0.15, -0.1) is 11.3 Å². The first kappa shape index (κ1) is 20.4. The Labute approximate surface area is 186 Å². The SMILES string of the molecule is CN(C)Cc1nc2sc3c(c2c(=O)n1CC(=O)N1CCc2ccccc2C1)CCCC3. The summed E-state index contributed by atoms with van der Waals surface area (Å²) in [5, 5.41) is 0.749. The molecule has 1 aliphatic carbocycles. The molecule has 0 N–H and O–H groups in total. The number of fused-ring (bicyclic) bond motifs is 4. The van der Waals surface area contributed by atoms with Crippen molar-refractivity contribution in [3.63, 3.8) is 0 Å². The highest BCUT2D eigenvalue weighted by Gasteiger charge is 2.25. The summed E-state index contributed by atoms with van der Waals surface area (Å²) in [6, 6.07) is 8.29. The van der Waals surface area contributed by atoms with Crippen molar-refractivity contribution < 1.29 is 4.79 Å². The number of rotatable bonds is 4. The molecular weight excluding hydrogens is 408 g/mol. The number of benzene rings is 1. The van der Waals surface area contributed by atoms with Crippen LogP contribution in [0.3, 0.4) is 0 Å². The maximum Gasteiger partial charge on any atom is 0.263 e. The van der Waals surface area contributed by atoms with E-state index in [4.69, 9.17) is 4.98 Å². The van der Waals surface area contributed by atoms with Crippen LogP contribution in [0.5, 0.6) is 0 Å². The second-order valence-electron chi connectivity index (χ2n) is 8.88. The number of hydrogen-bond acceptors (Lipinski definition) is 5. The summed E-state index contributed by atoms with van der Waals surface area (Å²) in [4.78, 5) is 37.8. The summed E-state index contributed by atoms with van der Waals surface area (Å²) in [6.45, 7) is 1.88. The van der Waals surface area contributed by atoms with Gasteiger partial charge in [0.15, 0.2) is 0 Å². The van der Waals surface area contributed by atoms with Crippen molar-refractivity contribution in [1.29, 1.82) is 0 Å². The van der Waals surface area contributed by atoms with E-state index in [0.717, 1.165) is 35.9 Å². The number of nitrogens with zero attached hydrogens (tertiary/aromatic N) is 4. The molecule has 31 heavy (non-hydrogen) atoms. The summed E-state index contributed by atoms with van der Waals surface area (Å²) in [7, 11) is 3.92. The largest absolute Gasteiger partial charge is 0.336 e. The van der Waals surface area contributed by atoms with Crippen molar-refractivity contribution in [2.75, 3.05) is 20.6 Å². The molecular formula is C24H28N4O2S. The molecule has 0 saturated carbocycles. The Morgan fingerprint density at radius 3 is 2.71 bits per heavy atom. The average Bonchev–Trinajstić information content (AvgIpc) is 3.14. The van der Waals surface area contributed by atoms with Gasteiger partial charge in [0.1, 0.15) is 17.2 Å². The number of carbonyl (C=O) groups is 1. The number of amides is 1. The van der Waals surface area contributed by atoms with Crippen LogP contribution in [0.25, 0.3) is 10.2 Å². The van der Waals surface area contributed by atoms with Crippen molar-refractivity contribution in [2.45, 2.75) is 51.7 Å². The summed E-state index contributed by atoms with van der Waals surface area (Å²) in [5.41, 5.74) is 3.63. The summed E-state index contributed by atoms with van der Waals surface area (Å²) < 4.78 is 1.63. The lowest BCUT2D eigenvalue weighted by atomic mass is 9.97. The molecule has 0 saturated heterocycles. The highest BCUT2D eigenvalue weighted by molar-refractivity contribution is 7.18. The standard InChI is InChI=1S/C24H28N4O2S/c1-26(2)14-20-25-23-22(18-9-5-6-10-19(18)31-23)24(30)28(20)15-21(29)27-12-11-16-7-3-4-8-17(16)13-27/h3-4,7-8H,5-6,9-15H2,1-2H3. The van der Waals surface area contributed by atoms with Crippen molar-refractivity contribution in [1.82, 2.24) is 19.4 Å². The van der Waals surface area contributed by atoms with Crippen LogP contribution >= 0.6 is 11.3 Å². The van der Waals surface area contributed by atoms with Crippen LogP contribution in [0.15, 0.2) is 29.1 Å². The smallest absolute Gasteiger partial charge is 0.263 e. The van der Waals surface area contributed by atoms with Crippen LogP contribution in [-0.4, -0.2) is 45.9 Å². The molecule has 2 aliphatic rings. The van der Waals surface area contributed by atoms with Crippen molar-refractivity contribution in [2.24, 2.45) is 0 Å². The highest BCUT2D eigenvalue weighted by Crippen LogP contribution is 2.34. The molecule has 0 bridgehead atoms. The zero-order valence-electron chi connectivity index (χ0n) is 18.2. The monoisotopic (exact) mass is 436 g/mol. The van der Waals surface area contributed by atoms with E-state index in [-0.39, 0.29) is 18.0 Å². The maximum absolute atomic E-state index is 13.6. The number of aryl methyl sites for hydroxylation is 2. The third-order valence-corrected chi connectivity index (χ3v) is 7.57. The van der Waals surface area contributed by atoms with E-state index in [9.17, 15) is 9.59 Å². The predicted octanol–water partition coefficient (Wildman–Crippen LogP) is 2.98.